The molecule has 0 radical (unpaired) electrons. The van der Waals surface area contributed by atoms with Gasteiger partial charge in [0.2, 0.25) is 0 Å². The van der Waals surface area contributed by atoms with Gasteiger partial charge in [-0.15, -0.1) is 5.10 Å². The molecule has 2 heterocycles. The lowest BCUT2D eigenvalue weighted by molar-refractivity contribution is -0.270. The maximum atomic E-state index is 12.0. The minimum Gasteiger partial charge on any atom is -0.463 e. The summed E-state index contributed by atoms with van der Waals surface area (Å²) in [7, 11) is 0. The average Bonchev–Trinajstić information content (AvgIpc) is 3.16. The number of nitrogens with zero attached hydrogens (tertiary/aromatic N) is 3. The molecule has 1 fully saturated rings. The Hall–Kier alpha value is -3.32. The van der Waals surface area contributed by atoms with E-state index in [4.69, 9.17) is 23.7 Å². The second-order valence-corrected chi connectivity index (χ2v) is 8.38. The van der Waals surface area contributed by atoms with E-state index in [-0.39, 0.29) is 6.61 Å². The van der Waals surface area contributed by atoms with Crippen molar-refractivity contribution in [2.24, 2.45) is 0 Å². The number of ether oxygens (including phenoxy) is 5. The summed E-state index contributed by atoms with van der Waals surface area (Å²) in [5.41, 5.74) is 1.22. The van der Waals surface area contributed by atoms with Crippen LogP contribution in [0.25, 0.3) is 11.3 Å². The van der Waals surface area contributed by atoms with Gasteiger partial charge in [-0.3, -0.25) is 19.2 Å². The van der Waals surface area contributed by atoms with Crippen molar-refractivity contribution in [2.45, 2.75) is 58.3 Å². The summed E-state index contributed by atoms with van der Waals surface area (Å²) in [6.07, 6.45) is -6.16. The van der Waals surface area contributed by atoms with E-state index in [0.29, 0.717) is 10.3 Å². The summed E-state index contributed by atoms with van der Waals surface area (Å²) in [6.45, 7) is 4.33. The normalized spacial score (nSPS) is 23.7. The molecule has 2 aromatic rings. The molecule has 1 aliphatic heterocycles. The highest BCUT2D eigenvalue weighted by molar-refractivity contribution is 9.10. The highest BCUT2D eigenvalue weighted by atomic mass is 79.9. The van der Waals surface area contributed by atoms with Crippen LogP contribution in [0.1, 0.15) is 33.9 Å². The number of carbonyl (C=O) groups is 4. The Bertz CT molecular complexity index is 1090. The van der Waals surface area contributed by atoms with Gasteiger partial charge in [0.05, 0.1) is 0 Å². The molecule has 0 N–H and O–H groups in total. The van der Waals surface area contributed by atoms with Gasteiger partial charge in [0.15, 0.2) is 24.5 Å². The van der Waals surface area contributed by atoms with Crippen molar-refractivity contribution in [1.29, 1.82) is 0 Å². The monoisotopic (exact) mass is 553 g/mol. The Kier molecular flexibility index (Phi) is 8.57. The lowest BCUT2D eigenvalue weighted by Crippen LogP contribution is -2.60. The first-order valence-corrected chi connectivity index (χ1v) is 11.3. The zero-order valence-corrected chi connectivity index (χ0v) is 21.0. The van der Waals surface area contributed by atoms with Crippen LogP contribution in [0.3, 0.4) is 0 Å². The van der Waals surface area contributed by atoms with E-state index in [1.54, 1.807) is 0 Å². The fourth-order valence-electron chi connectivity index (χ4n) is 3.62. The molecule has 0 unspecified atom stereocenters. The topological polar surface area (TPSA) is 145 Å². The minimum absolute atomic E-state index is 0.341. The van der Waals surface area contributed by atoms with Crippen LogP contribution < -0.4 is 0 Å². The van der Waals surface area contributed by atoms with Gasteiger partial charge in [-0.25, -0.2) is 4.68 Å². The number of esters is 4. The summed E-state index contributed by atoms with van der Waals surface area (Å²) < 4.78 is 29.2. The molecule has 1 saturated heterocycles. The van der Waals surface area contributed by atoms with Crippen LogP contribution in [0.4, 0.5) is 0 Å². The number of hydrogen-bond acceptors (Lipinski definition) is 11. The van der Waals surface area contributed by atoms with Gasteiger partial charge in [-0.1, -0.05) is 35.5 Å². The predicted molar refractivity (Wildman–Crippen MR) is 120 cm³/mol. The van der Waals surface area contributed by atoms with E-state index in [1.807, 2.05) is 30.3 Å². The highest BCUT2D eigenvalue weighted by Crippen LogP contribution is 2.37. The first-order valence-electron chi connectivity index (χ1n) is 10.5. The summed E-state index contributed by atoms with van der Waals surface area (Å²) in [5, 5.41) is 8.34. The molecule has 0 amide bonds. The third-order valence-electron chi connectivity index (χ3n) is 4.89. The van der Waals surface area contributed by atoms with Crippen molar-refractivity contribution >= 4 is 39.8 Å². The van der Waals surface area contributed by atoms with Crippen LogP contribution in [0.15, 0.2) is 34.9 Å². The molecule has 0 saturated carbocycles. The molecule has 13 heteroatoms. The van der Waals surface area contributed by atoms with Crippen molar-refractivity contribution in [3.05, 3.63) is 34.9 Å². The molecule has 0 bridgehead atoms. The third kappa shape index (κ3) is 6.42. The first kappa shape index (κ1) is 26.3. The van der Waals surface area contributed by atoms with E-state index in [2.05, 4.69) is 26.2 Å². The fourth-order valence-corrected chi connectivity index (χ4v) is 4.20. The van der Waals surface area contributed by atoms with Gasteiger partial charge in [-0.2, -0.15) is 0 Å². The molecular weight excluding hydrogens is 530 g/mol. The summed E-state index contributed by atoms with van der Waals surface area (Å²) in [6, 6.07) is 9.16. The van der Waals surface area contributed by atoms with Gasteiger partial charge in [0, 0.05) is 33.3 Å². The van der Waals surface area contributed by atoms with Gasteiger partial charge < -0.3 is 23.7 Å². The lowest BCUT2D eigenvalue weighted by Gasteiger charge is -2.44. The van der Waals surface area contributed by atoms with Gasteiger partial charge in [0.25, 0.3) is 0 Å². The quantitative estimate of drug-likeness (QED) is 0.366. The van der Waals surface area contributed by atoms with E-state index in [0.717, 1.165) is 19.4 Å². The number of benzene rings is 1. The smallest absolute Gasteiger partial charge is 0.303 e. The van der Waals surface area contributed by atoms with Crippen LogP contribution in [0.5, 0.6) is 0 Å². The van der Waals surface area contributed by atoms with Crippen molar-refractivity contribution in [1.82, 2.24) is 15.0 Å². The molecule has 0 aliphatic carbocycles. The average molecular weight is 554 g/mol. The predicted octanol–water partition coefficient (Wildman–Crippen LogP) is 1.96. The van der Waals surface area contributed by atoms with Gasteiger partial charge in [-0.05, 0) is 15.9 Å². The van der Waals surface area contributed by atoms with Gasteiger partial charge >= 0.3 is 23.9 Å². The Morgan fingerprint density at radius 3 is 2.03 bits per heavy atom. The molecule has 12 nitrogen and oxygen atoms in total. The molecule has 5 atom stereocenters. The van der Waals surface area contributed by atoms with Crippen LogP contribution in [0, 0.1) is 0 Å². The Morgan fingerprint density at radius 1 is 0.886 bits per heavy atom. The molecular formula is C22H24BrN3O9. The lowest BCUT2D eigenvalue weighted by atomic mass is 9.97. The van der Waals surface area contributed by atoms with E-state index in [9.17, 15) is 19.2 Å². The number of halogens is 1. The van der Waals surface area contributed by atoms with E-state index < -0.39 is 54.5 Å². The molecule has 3 rings (SSSR count). The second kappa shape index (κ2) is 11.4. The maximum absolute atomic E-state index is 12.0. The molecule has 188 valence electrons. The van der Waals surface area contributed by atoms with Crippen molar-refractivity contribution < 1.29 is 42.9 Å². The minimum atomic E-state index is -1.31. The summed E-state index contributed by atoms with van der Waals surface area (Å²) in [4.78, 5) is 47.3. The fraction of sp³-hybridized carbons (Fsp3) is 0.455. The van der Waals surface area contributed by atoms with Crippen molar-refractivity contribution in [3.8, 4) is 11.3 Å². The second-order valence-electron chi connectivity index (χ2n) is 7.63. The number of rotatable bonds is 7. The van der Waals surface area contributed by atoms with E-state index in [1.165, 1.54) is 18.5 Å². The third-order valence-corrected chi connectivity index (χ3v) is 5.63. The molecule has 0 spiro atoms. The molecule has 1 aliphatic rings. The largest absolute Gasteiger partial charge is 0.463 e. The SMILES string of the molecule is CC(=O)OC[C@H]1O[C@@H](n2nnc(-c3ccccc3)c2Br)[C@H](OC(C)=O)[C@@H](OC(C)=O)[C@@H]1OC(C)=O. The summed E-state index contributed by atoms with van der Waals surface area (Å²) >= 11 is 3.46. The standard InChI is InChI=1S/C22H24BrN3O9/c1-11(27)31-10-16-18(32-12(2)28)19(33-13(3)29)20(34-14(4)30)22(35-16)26-21(23)17(24-25-26)15-8-6-5-7-9-15/h5-9,16,18-20,22H,10H2,1-4H3/t16-,18-,19+,20-,22-/m1/s1. The number of carbonyl (C=O) groups excluding carboxylic acids is 4. The van der Waals surface area contributed by atoms with Crippen LogP contribution in [-0.4, -0.2) is 69.9 Å². The highest BCUT2D eigenvalue weighted by Gasteiger charge is 2.53. The van der Waals surface area contributed by atoms with Crippen LogP contribution in [0.2, 0.25) is 0 Å². The Labute approximate surface area is 208 Å². The maximum Gasteiger partial charge on any atom is 0.303 e. The molecule has 1 aromatic heterocycles. The Morgan fingerprint density at radius 2 is 1.46 bits per heavy atom. The molecule has 35 heavy (non-hydrogen) atoms. The van der Waals surface area contributed by atoms with Crippen LogP contribution in [-0.2, 0) is 42.9 Å². The number of aromatic nitrogens is 3. The zero-order valence-electron chi connectivity index (χ0n) is 19.4. The molecule has 1 aromatic carbocycles. The summed E-state index contributed by atoms with van der Waals surface area (Å²) in [5.74, 6) is -2.75. The van der Waals surface area contributed by atoms with Crippen molar-refractivity contribution in [2.75, 3.05) is 6.61 Å². The van der Waals surface area contributed by atoms with Gasteiger partial charge in [0.1, 0.15) is 23.0 Å². The number of hydrogen-bond donors (Lipinski definition) is 0. The van der Waals surface area contributed by atoms with E-state index >= 15 is 0 Å². The zero-order chi connectivity index (χ0) is 25.7. The first-order chi connectivity index (χ1) is 16.6. The Balaban J connectivity index is 2.09. The van der Waals surface area contributed by atoms with Crippen LogP contribution >= 0.6 is 15.9 Å². The van der Waals surface area contributed by atoms with Crippen molar-refractivity contribution in [3.63, 3.8) is 0 Å².